The molecule has 1 aromatic heterocycles. The maximum atomic E-state index is 5.52. The Morgan fingerprint density at radius 1 is 0.833 bits per heavy atom. The second kappa shape index (κ2) is 10.3. The number of aromatic nitrogens is 1. The predicted octanol–water partition coefficient (Wildman–Crippen LogP) is 5.23. The molecule has 0 spiro atoms. The summed E-state index contributed by atoms with van der Waals surface area (Å²) in [5, 5.41) is 0. The quantitative estimate of drug-likeness (QED) is 0.722. The molecule has 98 valence electrons. The molecule has 0 unspecified atom stereocenters. The number of hydrogen-bond donors (Lipinski definition) is 0. The third kappa shape index (κ3) is 6.04. The fraction of sp³-hybridized carbons (Fsp3) is 0.312. The van der Waals surface area contributed by atoms with E-state index in [1.165, 1.54) is 5.56 Å². The molecule has 0 amide bonds. The monoisotopic (exact) mass is 245 g/mol. The van der Waals surface area contributed by atoms with Crippen LogP contribution in [0, 0.1) is 6.92 Å². The SMILES string of the molecule is CC.CC.Cc1ccc(Oc2ccccn2)cc1. The minimum atomic E-state index is 0.622. The van der Waals surface area contributed by atoms with Gasteiger partial charge in [-0.25, -0.2) is 4.98 Å². The summed E-state index contributed by atoms with van der Waals surface area (Å²) in [4.78, 5) is 4.07. The van der Waals surface area contributed by atoms with Gasteiger partial charge in [0.1, 0.15) is 5.75 Å². The van der Waals surface area contributed by atoms with E-state index in [0.29, 0.717) is 5.88 Å². The zero-order valence-electron chi connectivity index (χ0n) is 12.0. The Morgan fingerprint density at radius 2 is 1.44 bits per heavy atom. The molecule has 0 aliphatic carbocycles. The van der Waals surface area contributed by atoms with Crippen molar-refractivity contribution in [2.24, 2.45) is 0 Å². The molecule has 2 nitrogen and oxygen atoms in total. The van der Waals surface area contributed by atoms with Crippen molar-refractivity contribution in [2.45, 2.75) is 34.6 Å². The minimum Gasteiger partial charge on any atom is -0.439 e. The van der Waals surface area contributed by atoms with Crippen LogP contribution in [0.5, 0.6) is 11.6 Å². The highest BCUT2D eigenvalue weighted by Gasteiger charge is 1.95. The number of hydrogen-bond acceptors (Lipinski definition) is 2. The molecular formula is C16H23NO. The molecule has 2 heteroatoms. The van der Waals surface area contributed by atoms with Crippen LogP contribution in [0.1, 0.15) is 33.3 Å². The molecule has 0 saturated carbocycles. The van der Waals surface area contributed by atoms with E-state index in [2.05, 4.69) is 4.98 Å². The molecule has 0 radical (unpaired) electrons. The zero-order valence-corrected chi connectivity index (χ0v) is 12.0. The number of nitrogens with zero attached hydrogens (tertiary/aromatic N) is 1. The average molecular weight is 245 g/mol. The second-order valence-corrected chi connectivity index (χ2v) is 3.08. The largest absolute Gasteiger partial charge is 0.439 e. The number of benzene rings is 1. The lowest BCUT2D eigenvalue weighted by atomic mass is 10.2. The molecule has 1 aromatic carbocycles. The van der Waals surface area contributed by atoms with E-state index in [9.17, 15) is 0 Å². The van der Waals surface area contributed by atoms with Gasteiger partial charge in [-0.05, 0) is 25.1 Å². The Kier molecular flexibility index (Phi) is 9.28. The summed E-state index contributed by atoms with van der Waals surface area (Å²) in [6, 6.07) is 13.5. The lowest BCUT2D eigenvalue weighted by Crippen LogP contribution is -1.86. The van der Waals surface area contributed by atoms with Crippen LogP contribution in [0.4, 0.5) is 0 Å². The molecule has 0 fully saturated rings. The molecule has 2 aromatic rings. The Balaban J connectivity index is 0.000000659. The molecule has 0 aliphatic rings. The maximum absolute atomic E-state index is 5.52. The Labute approximate surface area is 111 Å². The third-order valence-electron chi connectivity index (χ3n) is 1.88. The van der Waals surface area contributed by atoms with Gasteiger partial charge in [0.15, 0.2) is 0 Å². The van der Waals surface area contributed by atoms with Gasteiger partial charge in [-0.2, -0.15) is 0 Å². The molecule has 0 saturated heterocycles. The van der Waals surface area contributed by atoms with Gasteiger partial charge >= 0.3 is 0 Å². The van der Waals surface area contributed by atoms with Gasteiger partial charge in [0.2, 0.25) is 5.88 Å². The number of aryl methyl sites for hydroxylation is 1. The van der Waals surface area contributed by atoms with Gasteiger partial charge in [-0.1, -0.05) is 51.5 Å². The highest BCUT2D eigenvalue weighted by molar-refractivity contribution is 5.29. The summed E-state index contributed by atoms with van der Waals surface area (Å²) in [7, 11) is 0. The van der Waals surface area contributed by atoms with Crippen molar-refractivity contribution in [2.75, 3.05) is 0 Å². The first-order valence-corrected chi connectivity index (χ1v) is 6.50. The highest BCUT2D eigenvalue weighted by Crippen LogP contribution is 2.18. The van der Waals surface area contributed by atoms with Gasteiger partial charge in [0.25, 0.3) is 0 Å². The second-order valence-electron chi connectivity index (χ2n) is 3.08. The summed E-state index contributed by atoms with van der Waals surface area (Å²) >= 11 is 0. The van der Waals surface area contributed by atoms with Gasteiger partial charge in [0, 0.05) is 12.3 Å². The molecule has 0 bridgehead atoms. The van der Waals surface area contributed by atoms with Crippen molar-refractivity contribution in [3.05, 3.63) is 54.2 Å². The minimum absolute atomic E-state index is 0.622. The van der Waals surface area contributed by atoms with E-state index in [-0.39, 0.29) is 0 Å². The predicted molar refractivity (Wildman–Crippen MR) is 78.2 cm³/mol. The van der Waals surface area contributed by atoms with E-state index in [0.717, 1.165) is 5.75 Å². The number of ether oxygens (including phenoxy) is 1. The van der Waals surface area contributed by atoms with Crippen LogP contribution in [0.2, 0.25) is 0 Å². The van der Waals surface area contributed by atoms with E-state index >= 15 is 0 Å². The summed E-state index contributed by atoms with van der Waals surface area (Å²) < 4.78 is 5.52. The van der Waals surface area contributed by atoms with Crippen molar-refractivity contribution in [3.63, 3.8) is 0 Å². The number of pyridine rings is 1. The molecule has 0 aliphatic heterocycles. The molecule has 0 N–H and O–H groups in total. The smallest absolute Gasteiger partial charge is 0.219 e. The van der Waals surface area contributed by atoms with Crippen LogP contribution in [0.3, 0.4) is 0 Å². The molecular weight excluding hydrogens is 222 g/mol. The summed E-state index contributed by atoms with van der Waals surface area (Å²) in [6.07, 6.45) is 1.71. The summed E-state index contributed by atoms with van der Waals surface area (Å²) in [5.41, 5.74) is 1.22. The molecule has 18 heavy (non-hydrogen) atoms. The van der Waals surface area contributed by atoms with Crippen molar-refractivity contribution >= 4 is 0 Å². The van der Waals surface area contributed by atoms with Gasteiger partial charge in [0.05, 0.1) is 0 Å². The van der Waals surface area contributed by atoms with Gasteiger partial charge < -0.3 is 4.74 Å². The van der Waals surface area contributed by atoms with Crippen LogP contribution in [-0.4, -0.2) is 4.98 Å². The summed E-state index contributed by atoms with van der Waals surface area (Å²) in [5.74, 6) is 1.44. The first-order valence-electron chi connectivity index (χ1n) is 6.50. The first-order chi connectivity index (χ1) is 8.84. The van der Waals surface area contributed by atoms with E-state index in [4.69, 9.17) is 4.74 Å². The maximum Gasteiger partial charge on any atom is 0.219 e. The first kappa shape index (κ1) is 16.2. The zero-order chi connectivity index (χ0) is 13.8. The normalized spacial score (nSPS) is 8.28. The average Bonchev–Trinajstić information content (AvgIpc) is 2.47. The molecule has 0 atom stereocenters. The molecule has 1 heterocycles. The standard InChI is InChI=1S/C12H11NO.2C2H6/c1-10-5-7-11(8-6-10)14-12-4-2-3-9-13-12;2*1-2/h2-9H,1H3;2*1-2H3. The van der Waals surface area contributed by atoms with Crippen LogP contribution in [-0.2, 0) is 0 Å². The van der Waals surface area contributed by atoms with E-state index in [1.807, 2.05) is 77.1 Å². The van der Waals surface area contributed by atoms with Crippen molar-refractivity contribution < 1.29 is 4.74 Å². The van der Waals surface area contributed by atoms with Crippen LogP contribution in [0.25, 0.3) is 0 Å². The topological polar surface area (TPSA) is 22.1 Å². The van der Waals surface area contributed by atoms with E-state index in [1.54, 1.807) is 6.20 Å². The van der Waals surface area contributed by atoms with Crippen LogP contribution in [0.15, 0.2) is 48.7 Å². The van der Waals surface area contributed by atoms with Gasteiger partial charge in [-0.3, -0.25) is 0 Å². The van der Waals surface area contributed by atoms with Crippen LogP contribution >= 0.6 is 0 Å². The van der Waals surface area contributed by atoms with Gasteiger partial charge in [-0.15, -0.1) is 0 Å². The highest BCUT2D eigenvalue weighted by atomic mass is 16.5. The Hall–Kier alpha value is -1.83. The Morgan fingerprint density at radius 3 is 1.94 bits per heavy atom. The lowest BCUT2D eigenvalue weighted by molar-refractivity contribution is 0.463. The fourth-order valence-electron chi connectivity index (χ4n) is 1.13. The third-order valence-corrected chi connectivity index (χ3v) is 1.88. The van der Waals surface area contributed by atoms with E-state index < -0.39 is 0 Å². The number of rotatable bonds is 2. The Bertz CT molecular complexity index is 395. The van der Waals surface area contributed by atoms with Crippen molar-refractivity contribution in [1.29, 1.82) is 0 Å². The lowest BCUT2D eigenvalue weighted by Gasteiger charge is -2.03. The van der Waals surface area contributed by atoms with Crippen molar-refractivity contribution in [3.8, 4) is 11.6 Å². The van der Waals surface area contributed by atoms with Crippen LogP contribution < -0.4 is 4.74 Å². The fourth-order valence-corrected chi connectivity index (χ4v) is 1.13. The summed E-state index contributed by atoms with van der Waals surface area (Å²) in [6.45, 7) is 10.0. The van der Waals surface area contributed by atoms with Crippen molar-refractivity contribution in [1.82, 2.24) is 4.98 Å². The molecule has 2 rings (SSSR count).